The molecule has 108 valence electrons. The monoisotopic (exact) mass is 292 g/mol. The third kappa shape index (κ3) is 3.99. The third-order valence-corrected chi connectivity index (χ3v) is 3.77. The Bertz CT molecular complexity index is 499. The number of halogens is 1. The summed E-state index contributed by atoms with van der Waals surface area (Å²) in [5.41, 5.74) is 8.34. The Kier molecular flexibility index (Phi) is 5.44. The van der Waals surface area contributed by atoms with Crippen LogP contribution in [0.2, 0.25) is 5.02 Å². The minimum atomic E-state index is 0.477. The summed E-state index contributed by atoms with van der Waals surface area (Å²) < 4.78 is 0. The van der Waals surface area contributed by atoms with Crippen LogP contribution in [-0.4, -0.2) is 37.0 Å². The largest absolute Gasteiger partial charge is 0.370 e. The summed E-state index contributed by atoms with van der Waals surface area (Å²) in [5.74, 6) is 0.477. The second kappa shape index (κ2) is 7.31. The predicted octanol–water partition coefficient (Wildman–Crippen LogP) is 1.79. The van der Waals surface area contributed by atoms with Gasteiger partial charge in [0, 0.05) is 31.2 Å². The van der Waals surface area contributed by atoms with Crippen LogP contribution in [0.3, 0.4) is 0 Å². The molecule has 2 rings (SSSR count). The van der Waals surface area contributed by atoms with E-state index >= 15 is 0 Å². The summed E-state index contributed by atoms with van der Waals surface area (Å²) >= 11 is 6.21. The second-order valence-electron chi connectivity index (χ2n) is 4.84. The van der Waals surface area contributed by atoms with Crippen molar-refractivity contribution in [3.8, 4) is 0 Å². The Morgan fingerprint density at radius 2 is 2.40 bits per heavy atom. The molecule has 20 heavy (non-hydrogen) atoms. The molecular formula is C15H21ClN4. The van der Waals surface area contributed by atoms with Gasteiger partial charge in [-0.25, -0.2) is 0 Å². The molecule has 4 nitrogen and oxygen atoms in total. The molecule has 1 aromatic carbocycles. The maximum atomic E-state index is 6.21. The minimum Gasteiger partial charge on any atom is -0.370 e. The van der Waals surface area contributed by atoms with Crippen molar-refractivity contribution in [2.24, 2.45) is 10.7 Å². The number of fused-ring (bicyclic) bond motifs is 1. The van der Waals surface area contributed by atoms with Crippen molar-refractivity contribution in [3.05, 3.63) is 47.0 Å². The Labute approximate surface area is 125 Å². The number of rotatable bonds is 5. The summed E-state index contributed by atoms with van der Waals surface area (Å²) in [6, 6.07) is 6.13. The summed E-state index contributed by atoms with van der Waals surface area (Å²) in [7, 11) is 0. The standard InChI is InChI=1S/C15H21ClN4/c1-2-7-18-15(17)19-8-10-20-9-6-13-12(11-20)4-3-5-14(13)16/h2-5H,1,6-11H2,(H3,17,18,19). The van der Waals surface area contributed by atoms with E-state index in [0.717, 1.165) is 31.1 Å². The first-order valence-electron chi connectivity index (χ1n) is 6.84. The highest BCUT2D eigenvalue weighted by Gasteiger charge is 2.17. The van der Waals surface area contributed by atoms with E-state index in [2.05, 4.69) is 27.9 Å². The predicted molar refractivity (Wildman–Crippen MR) is 85.1 cm³/mol. The van der Waals surface area contributed by atoms with Gasteiger partial charge in [-0.1, -0.05) is 29.8 Å². The van der Waals surface area contributed by atoms with E-state index in [1.54, 1.807) is 6.08 Å². The van der Waals surface area contributed by atoms with Gasteiger partial charge in [0.1, 0.15) is 0 Å². The lowest BCUT2D eigenvalue weighted by molar-refractivity contribution is 0.262. The number of guanidine groups is 1. The molecule has 0 bridgehead atoms. The number of nitrogens with two attached hydrogens (primary N) is 1. The van der Waals surface area contributed by atoms with E-state index in [1.165, 1.54) is 11.1 Å². The fraction of sp³-hybridized carbons (Fsp3) is 0.400. The van der Waals surface area contributed by atoms with E-state index in [1.807, 2.05) is 12.1 Å². The van der Waals surface area contributed by atoms with E-state index < -0.39 is 0 Å². The molecule has 5 heteroatoms. The van der Waals surface area contributed by atoms with Gasteiger partial charge in [-0.15, -0.1) is 6.58 Å². The molecule has 0 radical (unpaired) electrons. The minimum absolute atomic E-state index is 0.477. The van der Waals surface area contributed by atoms with Crippen molar-refractivity contribution in [2.45, 2.75) is 13.0 Å². The lowest BCUT2D eigenvalue weighted by Crippen LogP contribution is -2.35. The molecule has 1 heterocycles. The average Bonchev–Trinajstić information content (AvgIpc) is 2.45. The van der Waals surface area contributed by atoms with E-state index in [4.69, 9.17) is 17.3 Å². The van der Waals surface area contributed by atoms with Gasteiger partial charge in [-0.2, -0.15) is 0 Å². The first-order chi connectivity index (χ1) is 9.70. The molecule has 3 N–H and O–H groups in total. The van der Waals surface area contributed by atoms with Crippen LogP contribution < -0.4 is 11.1 Å². The number of nitrogens with one attached hydrogen (secondary N) is 1. The van der Waals surface area contributed by atoms with Gasteiger partial charge in [0.15, 0.2) is 5.96 Å². The quantitative estimate of drug-likeness (QED) is 0.494. The number of aliphatic imine (C=N–C) groups is 1. The highest BCUT2D eigenvalue weighted by atomic mass is 35.5. The van der Waals surface area contributed by atoms with Crippen molar-refractivity contribution >= 4 is 17.6 Å². The summed E-state index contributed by atoms with van der Waals surface area (Å²) in [6.45, 7) is 7.83. The fourth-order valence-corrected chi connectivity index (χ4v) is 2.65. The summed E-state index contributed by atoms with van der Waals surface area (Å²) in [5, 5.41) is 3.85. The van der Waals surface area contributed by atoms with Gasteiger partial charge < -0.3 is 11.1 Å². The molecule has 0 saturated carbocycles. The molecule has 0 aromatic heterocycles. The Morgan fingerprint density at radius 1 is 1.55 bits per heavy atom. The number of hydrogen-bond acceptors (Lipinski definition) is 2. The van der Waals surface area contributed by atoms with Crippen molar-refractivity contribution < 1.29 is 0 Å². The smallest absolute Gasteiger partial charge is 0.188 e. The molecule has 0 unspecified atom stereocenters. The molecule has 0 spiro atoms. The normalized spacial score (nSPS) is 15.8. The molecule has 0 fully saturated rings. The molecule has 0 aliphatic carbocycles. The van der Waals surface area contributed by atoms with Crippen LogP contribution >= 0.6 is 11.6 Å². The van der Waals surface area contributed by atoms with Crippen molar-refractivity contribution in [2.75, 3.05) is 26.2 Å². The Hall–Kier alpha value is -1.52. The number of nitrogens with zero attached hydrogens (tertiary/aromatic N) is 2. The first kappa shape index (κ1) is 14.9. The first-order valence-corrected chi connectivity index (χ1v) is 7.22. The highest BCUT2D eigenvalue weighted by molar-refractivity contribution is 6.31. The molecule has 0 saturated heterocycles. The Balaban J connectivity index is 1.83. The van der Waals surface area contributed by atoms with Gasteiger partial charge in [0.2, 0.25) is 0 Å². The third-order valence-electron chi connectivity index (χ3n) is 3.41. The molecule has 1 aliphatic rings. The van der Waals surface area contributed by atoms with Crippen LogP contribution in [0.25, 0.3) is 0 Å². The zero-order valence-electron chi connectivity index (χ0n) is 11.6. The maximum Gasteiger partial charge on any atom is 0.188 e. The van der Waals surface area contributed by atoms with Crippen LogP contribution in [0, 0.1) is 0 Å². The Morgan fingerprint density at radius 3 is 3.20 bits per heavy atom. The second-order valence-corrected chi connectivity index (χ2v) is 5.25. The van der Waals surface area contributed by atoms with E-state index in [-0.39, 0.29) is 0 Å². The van der Waals surface area contributed by atoms with Crippen LogP contribution in [0.15, 0.2) is 35.8 Å². The molecule has 0 atom stereocenters. The van der Waals surface area contributed by atoms with Crippen molar-refractivity contribution in [1.82, 2.24) is 10.2 Å². The molecule has 1 aliphatic heterocycles. The van der Waals surface area contributed by atoms with Gasteiger partial charge in [0.25, 0.3) is 0 Å². The number of benzene rings is 1. The number of hydrogen-bond donors (Lipinski definition) is 2. The fourth-order valence-electron chi connectivity index (χ4n) is 2.36. The van der Waals surface area contributed by atoms with Gasteiger partial charge >= 0.3 is 0 Å². The zero-order chi connectivity index (χ0) is 14.4. The van der Waals surface area contributed by atoms with Gasteiger partial charge in [-0.3, -0.25) is 9.89 Å². The lowest BCUT2D eigenvalue weighted by Gasteiger charge is -2.28. The van der Waals surface area contributed by atoms with E-state index in [0.29, 0.717) is 19.0 Å². The van der Waals surface area contributed by atoms with Crippen molar-refractivity contribution in [3.63, 3.8) is 0 Å². The van der Waals surface area contributed by atoms with Gasteiger partial charge in [0.05, 0.1) is 6.54 Å². The topological polar surface area (TPSA) is 53.6 Å². The molecule has 1 aromatic rings. The zero-order valence-corrected chi connectivity index (χ0v) is 12.4. The molecular weight excluding hydrogens is 272 g/mol. The van der Waals surface area contributed by atoms with Crippen LogP contribution in [0.4, 0.5) is 0 Å². The maximum absolute atomic E-state index is 6.21. The van der Waals surface area contributed by atoms with Crippen LogP contribution in [-0.2, 0) is 13.0 Å². The average molecular weight is 293 g/mol. The van der Waals surface area contributed by atoms with Crippen molar-refractivity contribution in [1.29, 1.82) is 0 Å². The lowest BCUT2D eigenvalue weighted by atomic mass is 10.00. The SMILES string of the molecule is C=CCNC(N)=NCCN1CCc2c(Cl)cccc2C1. The van der Waals surface area contributed by atoms with Crippen LogP contribution in [0.5, 0.6) is 0 Å². The molecule has 0 amide bonds. The summed E-state index contributed by atoms with van der Waals surface area (Å²) in [4.78, 5) is 6.68. The van der Waals surface area contributed by atoms with Crippen LogP contribution in [0.1, 0.15) is 11.1 Å². The van der Waals surface area contributed by atoms with Gasteiger partial charge in [-0.05, 0) is 23.6 Å². The van der Waals surface area contributed by atoms with E-state index in [9.17, 15) is 0 Å². The highest BCUT2D eigenvalue weighted by Crippen LogP contribution is 2.25. The summed E-state index contributed by atoms with van der Waals surface area (Å²) in [6.07, 6.45) is 2.76.